The van der Waals surface area contributed by atoms with E-state index >= 15 is 0 Å². The molecule has 166 valence electrons. The molecular weight excluding hydrogens is 440 g/mol. The van der Waals surface area contributed by atoms with Gasteiger partial charge in [0.2, 0.25) is 10.0 Å². The number of hydrogen-bond acceptors (Lipinski definition) is 4. The van der Waals surface area contributed by atoms with Crippen LogP contribution in [0.2, 0.25) is 0 Å². The molecule has 0 fully saturated rings. The van der Waals surface area contributed by atoms with Crippen molar-refractivity contribution in [3.63, 3.8) is 0 Å². The van der Waals surface area contributed by atoms with E-state index in [9.17, 15) is 13.2 Å². The van der Waals surface area contributed by atoms with Gasteiger partial charge < -0.3 is 0 Å². The van der Waals surface area contributed by atoms with Crippen LogP contribution in [0.4, 0.5) is 0 Å². The second-order valence-corrected chi connectivity index (χ2v) is 10.9. The summed E-state index contributed by atoms with van der Waals surface area (Å²) in [4.78, 5) is 12.6. The quantitative estimate of drug-likeness (QED) is 0.431. The maximum atomic E-state index is 13.1. The molecule has 0 saturated heterocycles. The number of aromatic nitrogens is 1. The largest absolute Gasteiger partial charge is 0.308 e. The van der Waals surface area contributed by atoms with Gasteiger partial charge in [-0.2, -0.15) is 0 Å². The van der Waals surface area contributed by atoms with Crippen molar-refractivity contribution in [2.75, 3.05) is 0 Å². The number of hydrogen-bond donors (Lipinski definition) is 1. The van der Waals surface area contributed by atoms with Crippen LogP contribution >= 0.6 is 11.3 Å². The summed E-state index contributed by atoms with van der Waals surface area (Å²) in [7, 11) is -3.76. The number of nitrogens with one attached hydrogen (secondary N) is 1. The molecule has 3 aromatic carbocycles. The summed E-state index contributed by atoms with van der Waals surface area (Å²) in [5, 5.41) is 0. The molecule has 0 bridgehead atoms. The Labute approximate surface area is 192 Å². The van der Waals surface area contributed by atoms with Crippen LogP contribution in [0, 0.1) is 20.8 Å². The van der Waals surface area contributed by atoms with Crippen molar-refractivity contribution in [2.24, 2.45) is 0 Å². The summed E-state index contributed by atoms with van der Waals surface area (Å²) in [6.07, 6.45) is 0. The van der Waals surface area contributed by atoms with E-state index in [0.29, 0.717) is 11.2 Å². The maximum Gasteiger partial charge on any atom is 0.308 e. The second kappa shape index (κ2) is 8.65. The van der Waals surface area contributed by atoms with Gasteiger partial charge in [0.15, 0.2) is 0 Å². The average molecular weight is 467 g/mol. The predicted octanol–water partition coefficient (Wildman–Crippen LogP) is 5.08. The van der Waals surface area contributed by atoms with Crippen LogP contribution in [-0.4, -0.2) is 13.0 Å². The van der Waals surface area contributed by atoms with Crippen molar-refractivity contribution in [1.29, 1.82) is 0 Å². The van der Waals surface area contributed by atoms with E-state index in [4.69, 9.17) is 0 Å². The van der Waals surface area contributed by atoms with Gasteiger partial charge in [0.1, 0.15) is 0 Å². The zero-order valence-electron chi connectivity index (χ0n) is 18.5. The third-order valence-electron chi connectivity index (χ3n) is 5.81. The fourth-order valence-corrected chi connectivity index (χ4v) is 6.20. The number of rotatable bonds is 6. The van der Waals surface area contributed by atoms with Gasteiger partial charge >= 0.3 is 4.87 Å². The van der Waals surface area contributed by atoms with E-state index < -0.39 is 10.0 Å². The fourth-order valence-electron chi connectivity index (χ4n) is 3.94. The normalized spacial score (nSPS) is 12.9. The maximum absolute atomic E-state index is 13.1. The monoisotopic (exact) mass is 466 g/mol. The van der Waals surface area contributed by atoms with Gasteiger partial charge in [0, 0.05) is 6.04 Å². The molecule has 1 heterocycles. The van der Waals surface area contributed by atoms with E-state index in [1.165, 1.54) is 5.56 Å². The Hall–Kier alpha value is -2.74. The molecule has 0 radical (unpaired) electrons. The van der Waals surface area contributed by atoms with E-state index in [-0.39, 0.29) is 15.8 Å². The van der Waals surface area contributed by atoms with E-state index in [1.807, 2.05) is 64.1 Å². The molecule has 0 spiro atoms. The van der Waals surface area contributed by atoms with Crippen molar-refractivity contribution in [1.82, 2.24) is 9.29 Å². The molecule has 0 saturated carbocycles. The van der Waals surface area contributed by atoms with Crippen molar-refractivity contribution >= 4 is 31.6 Å². The summed E-state index contributed by atoms with van der Waals surface area (Å²) in [5.74, 6) is 0. The number of thiazole rings is 1. The highest BCUT2D eigenvalue weighted by Crippen LogP contribution is 2.26. The van der Waals surface area contributed by atoms with Crippen molar-refractivity contribution < 1.29 is 8.42 Å². The van der Waals surface area contributed by atoms with Crippen molar-refractivity contribution in [2.45, 2.75) is 45.2 Å². The van der Waals surface area contributed by atoms with E-state index in [1.54, 1.807) is 22.8 Å². The Morgan fingerprint density at radius 2 is 1.62 bits per heavy atom. The molecule has 4 aromatic rings. The predicted molar refractivity (Wildman–Crippen MR) is 131 cm³/mol. The van der Waals surface area contributed by atoms with Gasteiger partial charge in [0.25, 0.3) is 0 Å². The van der Waals surface area contributed by atoms with Gasteiger partial charge in [-0.1, -0.05) is 53.8 Å². The summed E-state index contributed by atoms with van der Waals surface area (Å²) in [6.45, 7) is 8.36. The standard InChI is InChI=1S/C25H26N2O3S2/c1-16-12-18(3)22(13-17(16)2)19(4)26-32(29,30)21-10-11-23-24(14-21)31-25(28)27(23)15-20-8-6-5-7-9-20/h5-14,19,26H,15H2,1-4H3/t19-/m1/s1. The van der Waals surface area contributed by atoms with E-state index in [0.717, 1.165) is 39.1 Å². The summed E-state index contributed by atoms with van der Waals surface area (Å²) < 4.78 is 31.4. The van der Waals surface area contributed by atoms with Gasteiger partial charge in [0.05, 0.1) is 21.7 Å². The Bertz CT molecular complexity index is 1450. The third kappa shape index (κ3) is 4.41. The molecule has 0 aliphatic carbocycles. The van der Waals surface area contributed by atoms with Crippen LogP contribution < -0.4 is 9.60 Å². The summed E-state index contributed by atoms with van der Waals surface area (Å²) in [5.41, 5.74) is 6.07. The highest BCUT2D eigenvalue weighted by molar-refractivity contribution is 7.89. The van der Waals surface area contributed by atoms with Gasteiger partial charge in [-0.05, 0) is 73.7 Å². The fraction of sp³-hybridized carbons (Fsp3) is 0.240. The van der Waals surface area contributed by atoms with Crippen LogP contribution in [0.25, 0.3) is 10.2 Å². The summed E-state index contributed by atoms with van der Waals surface area (Å²) >= 11 is 1.06. The van der Waals surface area contributed by atoms with Crippen LogP contribution in [0.3, 0.4) is 0 Å². The average Bonchev–Trinajstić information content (AvgIpc) is 3.05. The minimum atomic E-state index is -3.76. The molecule has 5 nitrogen and oxygen atoms in total. The first-order valence-electron chi connectivity index (χ1n) is 10.4. The first-order valence-corrected chi connectivity index (χ1v) is 12.7. The lowest BCUT2D eigenvalue weighted by Gasteiger charge is -2.18. The first-order chi connectivity index (χ1) is 15.2. The highest BCUT2D eigenvalue weighted by Gasteiger charge is 2.21. The lowest BCUT2D eigenvalue weighted by Crippen LogP contribution is -2.27. The molecule has 1 aromatic heterocycles. The van der Waals surface area contributed by atoms with Crippen LogP contribution in [0.15, 0.2) is 70.4 Å². The van der Waals surface area contributed by atoms with Crippen LogP contribution in [0.1, 0.15) is 40.8 Å². The SMILES string of the molecule is Cc1cc(C)c([C@@H](C)NS(=O)(=O)c2ccc3c(c2)sc(=O)n3Cc2ccccc2)cc1C. The topological polar surface area (TPSA) is 68.2 Å². The van der Waals surface area contributed by atoms with Crippen LogP contribution in [-0.2, 0) is 16.6 Å². The van der Waals surface area contributed by atoms with E-state index in [2.05, 4.69) is 10.8 Å². The second-order valence-electron chi connectivity index (χ2n) is 8.21. The molecule has 0 aliphatic rings. The molecule has 7 heteroatoms. The molecule has 0 aliphatic heterocycles. The first kappa shape index (κ1) is 22.5. The molecule has 0 unspecified atom stereocenters. The Morgan fingerprint density at radius 1 is 0.938 bits per heavy atom. The molecule has 0 amide bonds. The molecule has 4 rings (SSSR count). The number of sulfonamides is 1. The molecule has 1 atom stereocenters. The highest BCUT2D eigenvalue weighted by atomic mass is 32.2. The molecule has 1 N–H and O–H groups in total. The Morgan fingerprint density at radius 3 is 2.34 bits per heavy atom. The zero-order valence-corrected chi connectivity index (χ0v) is 20.2. The van der Waals surface area contributed by atoms with Crippen molar-refractivity contribution in [3.8, 4) is 0 Å². The van der Waals surface area contributed by atoms with Gasteiger partial charge in [-0.3, -0.25) is 9.36 Å². The summed E-state index contributed by atoms with van der Waals surface area (Å²) in [6, 6.07) is 18.3. The lowest BCUT2D eigenvalue weighted by atomic mass is 9.97. The minimum absolute atomic E-state index is 0.106. The zero-order chi connectivity index (χ0) is 23.0. The van der Waals surface area contributed by atoms with Gasteiger partial charge in [-0.15, -0.1) is 0 Å². The lowest BCUT2D eigenvalue weighted by molar-refractivity contribution is 0.566. The number of benzene rings is 3. The number of aryl methyl sites for hydroxylation is 3. The minimum Gasteiger partial charge on any atom is -0.294 e. The van der Waals surface area contributed by atoms with Crippen molar-refractivity contribution in [3.05, 3.63) is 98.1 Å². The molecule has 32 heavy (non-hydrogen) atoms. The third-order valence-corrected chi connectivity index (χ3v) is 8.29. The van der Waals surface area contributed by atoms with Crippen LogP contribution in [0.5, 0.6) is 0 Å². The molecular formula is C25H26N2O3S2. The Balaban J connectivity index is 1.64. The Kier molecular flexibility index (Phi) is 6.07. The smallest absolute Gasteiger partial charge is 0.294 e. The van der Waals surface area contributed by atoms with Gasteiger partial charge in [-0.25, -0.2) is 13.1 Å². The number of nitrogens with zero attached hydrogens (tertiary/aromatic N) is 1. The number of fused-ring (bicyclic) bond motifs is 1.